The van der Waals surface area contributed by atoms with Crippen LogP contribution in [0.2, 0.25) is 0 Å². The molecule has 3 aromatic rings. The smallest absolute Gasteiger partial charge is 0.478 e. The van der Waals surface area contributed by atoms with Crippen molar-refractivity contribution in [2.45, 2.75) is 12.7 Å². The van der Waals surface area contributed by atoms with E-state index in [-0.39, 0.29) is 0 Å². The first kappa shape index (κ1) is 20.8. The number of rotatable bonds is 3. The highest BCUT2D eigenvalue weighted by atomic mass is 19.4. The van der Waals surface area contributed by atoms with Gasteiger partial charge in [0.2, 0.25) is 6.54 Å². The second-order valence-corrected chi connectivity index (χ2v) is 5.52. The van der Waals surface area contributed by atoms with Crippen LogP contribution in [0.25, 0.3) is 10.9 Å². The number of carboxylic acids is 1. The summed E-state index contributed by atoms with van der Waals surface area (Å²) >= 11 is 0. The van der Waals surface area contributed by atoms with Crippen molar-refractivity contribution in [3.63, 3.8) is 0 Å². The highest BCUT2D eigenvalue weighted by Crippen LogP contribution is 2.15. The van der Waals surface area contributed by atoms with Gasteiger partial charge in [-0.1, -0.05) is 41.1 Å². The van der Waals surface area contributed by atoms with E-state index in [4.69, 9.17) is 0 Å². The molecule has 2 aromatic carbocycles. The van der Waals surface area contributed by atoms with Crippen molar-refractivity contribution in [2.24, 2.45) is 0 Å². The van der Waals surface area contributed by atoms with Crippen molar-refractivity contribution in [1.29, 1.82) is 0 Å². The van der Waals surface area contributed by atoms with Crippen LogP contribution in [0.15, 0.2) is 60.8 Å². The maximum absolute atomic E-state index is 11.2. The highest BCUT2D eigenvalue weighted by molar-refractivity contribution is 5.89. The largest absolute Gasteiger partial charge is 0.490 e. The molecule has 0 aliphatic rings. The molecule has 3 rings (SSSR count). The van der Waals surface area contributed by atoms with Gasteiger partial charge in [-0.2, -0.15) is 13.2 Å². The van der Waals surface area contributed by atoms with Crippen molar-refractivity contribution < 1.29 is 37.3 Å². The zero-order chi connectivity index (χ0) is 20.7. The zero-order valence-electron chi connectivity index (χ0n) is 14.7. The topological polar surface area (TPSA) is 80.4 Å². The summed E-state index contributed by atoms with van der Waals surface area (Å²) < 4.78 is 38.0. The maximum atomic E-state index is 11.2. The third kappa shape index (κ3) is 5.50. The van der Waals surface area contributed by atoms with Gasteiger partial charge in [-0.3, -0.25) is 0 Å². The predicted octanol–water partition coefficient (Wildman–Crippen LogP) is 2.99. The molecule has 0 amide bonds. The highest BCUT2D eigenvalue weighted by Gasteiger charge is 2.40. The number of alkyl halides is 3. The lowest BCUT2D eigenvalue weighted by atomic mass is 10.1. The quantitative estimate of drug-likeness (QED) is 0.547. The first-order valence-electron chi connectivity index (χ1n) is 7.94. The van der Waals surface area contributed by atoms with Gasteiger partial charge in [-0.25, -0.2) is 9.59 Å². The van der Waals surface area contributed by atoms with E-state index in [1.807, 2.05) is 48.7 Å². The molecule has 1 N–H and O–H groups in total. The average Bonchev–Trinajstić information content (AvgIpc) is 2.67. The minimum atomic E-state index is -4.85. The van der Waals surface area contributed by atoms with Crippen LogP contribution in [0, 0.1) is 0 Å². The number of ether oxygens (including phenoxy) is 1. The van der Waals surface area contributed by atoms with Crippen LogP contribution in [0.5, 0.6) is 0 Å². The lowest BCUT2D eigenvalue weighted by Gasteiger charge is -2.02. The lowest BCUT2D eigenvalue weighted by molar-refractivity contribution is -0.743. The van der Waals surface area contributed by atoms with Gasteiger partial charge in [-0.15, -0.1) is 0 Å². The first-order valence-corrected chi connectivity index (χ1v) is 7.94. The Morgan fingerprint density at radius 1 is 1.07 bits per heavy atom. The van der Waals surface area contributed by atoms with Crippen LogP contribution in [-0.2, 0) is 16.1 Å². The fraction of sp³-hybridized carbons (Fsp3) is 0.158. The fourth-order valence-corrected chi connectivity index (χ4v) is 2.30. The monoisotopic (exact) mass is 393 g/mol. The summed E-state index contributed by atoms with van der Waals surface area (Å²) in [7, 11) is 0.676. The summed E-state index contributed by atoms with van der Waals surface area (Å²) in [6, 6.07) is 16.8. The Bertz CT molecular complexity index is 990. The van der Waals surface area contributed by atoms with E-state index >= 15 is 0 Å². The fourth-order valence-electron chi connectivity index (χ4n) is 2.30. The number of carbonyl (C=O) groups is 2. The summed E-state index contributed by atoms with van der Waals surface area (Å²) in [6.45, 7) is 0.438. The van der Waals surface area contributed by atoms with E-state index in [0.29, 0.717) is 19.2 Å². The van der Waals surface area contributed by atoms with Gasteiger partial charge >= 0.3 is 18.1 Å². The molecule has 0 spiro atoms. The van der Waals surface area contributed by atoms with Crippen LogP contribution < -0.4 is 4.68 Å². The minimum Gasteiger partial charge on any atom is -0.478 e. The number of benzene rings is 2. The molecule has 28 heavy (non-hydrogen) atoms. The molecule has 0 aliphatic heterocycles. The van der Waals surface area contributed by atoms with Crippen LogP contribution in [0.1, 0.15) is 15.9 Å². The van der Waals surface area contributed by atoms with Crippen molar-refractivity contribution >= 4 is 22.8 Å². The number of halogens is 3. The Balaban J connectivity index is 0.000000300. The Kier molecular flexibility index (Phi) is 6.64. The molecular formula is C19H16F3N2O4+. The molecule has 1 aromatic heterocycles. The summed E-state index contributed by atoms with van der Waals surface area (Å²) in [5, 5.41) is 14.7. The number of carbonyl (C=O) groups excluding carboxylic acids is 1. The van der Waals surface area contributed by atoms with Crippen LogP contribution in [-0.4, -0.2) is 35.4 Å². The number of hydrogen-bond donors (Lipinski definition) is 1. The third-order valence-corrected chi connectivity index (χ3v) is 3.60. The summed E-state index contributed by atoms with van der Waals surface area (Å²) in [5.74, 6) is -3.08. The number of methoxy groups -OCH3 is 1. The number of hydrogen-bond acceptors (Lipinski definition) is 4. The van der Waals surface area contributed by atoms with Gasteiger partial charge < -0.3 is 9.84 Å². The summed E-state index contributed by atoms with van der Waals surface area (Å²) in [4.78, 5) is 20.7. The molecule has 0 radical (unpaired) electrons. The van der Waals surface area contributed by atoms with Crippen molar-refractivity contribution in [3.8, 4) is 0 Å². The Morgan fingerprint density at radius 3 is 2.32 bits per heavy atom. The molecule has 0 bridgehead atoms. The second-order valence-electron chi connectivity index (χ2n) is 5.52. The standard InChI is InChI=1S/C16H12N2O2.C3H3F3O2/c19-16(20)14-7-3-1-6-13(14)11-18-10-9-12-5-2-4-8-15(12)17-18;1-8-2(7)3(4,5)6/h1-10H,11H2;1H3/p+1. The van der Waals surface area contributed by atoms with Gasteiger partial charge in [0.25, 0.3) is 0 Å². The van der Waals surface area contributed by atoms with E-state index in [1.54, 1.807) is 16.8 Å². The second kappa shape index (κ2) is 8.94. The molecule has 0 aliphatic carbocycles. The molecule has 0 saturated carbocycles. The van der Waals surface area contributed by atoms with Crippen LogP contribution >= 0.6 is 0 Å². The Morgan fingerprint density at radius 2 is 1.71 bits per heavy atom. The molecule has 1 heterocycles. The van der Waals surface area contributed by atoms with Crippen molar-refractivity contribution in [1.82, 2.24) is 5.10 Å². The molecule has 146 valence electrons. The van der Waals surface area contributed by atoms with Gasteiger partial charge in [0.1, 0.15) is 5.52 Å². The maximum Gasteiger partial charge on any atom is 0.490 e. The predicted molar refractivity (Wildman–Crippen MR) is 92.5 cm³/mol. The number of nitrogens with zero attached hydrogens (tertiary/aromatic N) is 2. The number of fused-ring (bicyclic) bond motifs is 1. The van der Waals surface area contributed by atoms with Gasteiger partial charge in [0, 0.05) is 22.1 Å². The van der Waals surface area contributed by atoms with E-state index in [2.05, 4.69) is 9.84 Å². The van der Waals surface area contributed by atoms with Gasteiger partial charge in [0.15, 0.2) is 6.20 Å². The Labute approximate surface area is 157 Å². The number of carboxylic acid groups (broad SMARTS) is 1. The number of esters is 1. The summed E-state index contributed by atoms with van der Waals surface area (Å²) in [5.41, 5.74) is 1.95. The number of aromatic carboxylic acids is 1. The summed E-state index contributed by atoms with van der Waals surface area (Å²) in [6.07, 6.45) is -2.99. The van der Waals surface area contributed by atoms with Gasteiger partial charge in [0.05, 0.1) is 12.7 Å². The SMILES string of the molecule is COC(=O)C(F)(F)F.O=C(O)c1ccccc1C[n+]1ccc2ccccc2n1. The molecule has 0 fully saturated rings. The average molecular weight is 393 g/mol. The number of aromatic nitrogens is 2. The third-order valence-electron chi connectivity index (χ3n) is 3.60. The van der Waals surface area contributed by atoms with E-state index in [0.717, 1.165) is 16.5 Å². The molecule has 0 saturated heterocycles. The van der Waals surface area contributed by atoms with Crippen LogP contribution in [0.3, 0.4) is 0 Å². The molecule has 6 nitrogen and oxygen atoms in total. The molecular weight excluding hydrogens is 377 g/mol. The van der Waals surface area contributed by atoms with E-state index in [1.165, 1.54) is 0 Å². The lowest BCUT2D eigenvalue weighted by Crippen LogP contribution is -2.38. The molecule has 0 atom stereocenters. The van der Waals surface area contributed by atoms with Crippen molar-refractivity contribution in [3.05, 3.63) is 71.9 Å². The normalized spacial score (nSPS) is 10.7. The van der Waals surface area contributed by atoms with Crippen molar-refractivity contribution in [2.75, 3.05) is 7.11 Å². The van der Waals surface area contributed by atoms with Gasteiger partial charge in [-0.05, 0) is 12.1 Å². The molecule has 9 heteroatoms. The van der Waals surface area contributed by atoms with Crippen LogP contribution in [0.4, 0.5) is 13.2 Å². The molecule has 0 unspecified atom stereocenters. The first-order chi connectivity index (χ1) is 13.2. The Hall–Kier alpha value is -3.49. The van der Waals surface area contributed by atoms with E-state index in [9.17, 15) is 27.9 Å². The minimum absolute atomic E-state index is 0.315. The van der Waals surface area contributed by atoms with E-state index < -0.39 is 18.1 Å². The zero-order valence-corrected chi connectivity index (χ0v) is 14.7.